The third kappa shape index (κ3) is 4.94. The van der Waals surface area contributed by atoms with Gasteiger partial charge in [-0.25, -0.2) is 0 Å². The van der Waals surface area contributed by atoms with E-state index in [1.165, 1.54) is 0 Å². The second kappa shape index (κ2) is 5.68. The van der Waals surface area contributed by atoms with Crippen LogP contribution in [0.15, 0.2) is 0 Å². The predicted molar refractivity (Wildman–Crippen MR) is 72.9 cm³/mol. The van der Waals surface area contributed by atoms with E-state index in [0.717, 1.165) is 6.42 Å². The summed E-state index contributed by atoms with van der Waals surface area (Å²) < 4.78 is 6.04. The van der Waals surface area contributed by atoms with E-state index in [1.807, 2.05) is 13.8 Å². The highest BCUT2D eigenvalue weighted by Crippen LogP contribution is 2.37. The fourth-order valence-corrected chi connectivity index (χ4v) is 1.32. The van der Waals surface area contributed by atoms with Crippen LogP contribution in [0.2, 0.25) is 0 Å². The molecule has 0 rings (SSSR count). The van der Waals surface area contributed by atoms with E-state index in [1.54, 1.807) is 0 Å². The molecule has 3 N–H and O–H groups in total. The lowest BCUT2D eigenvalue weighted by Crippen LogP contribution is -2.47. The van der Waals surface area contributed by atoms with Crippen molar-refractivity contribution in [2.24, 2.45) is 17.1 Å². The normalized spacial score (nSPS) is 16.1. The van der Waals surface area contributed by atoms with Crippen molar-refractivity contribution in [3.05, 3.63) is 0 Å². The standard InChI is InChI=1S/C14H31NO2/c1-11(13(4,5)15)10-17-14(6,7)12(2,3)8-9-16/h11,16H,8-10,15H2,1-7H3. The molecule has 3 heteroatoms. The Labute approximate surface area is 107 Å². The number of hydrogen-bond acceptors (Lipinski definition) is 3. The molecule has 0 aromatic rings. The Kier molecular flexibility index (Phi) is 5.64. The first-order valence-electron chi connectivity index (χ1n) is 6.48. The third-order valence-electron chi connectivity index (χ3n) is 4.33. The van der Waals surface area contributed by atoms with Gasteiger partial charge >= 0.3 is 0 Å². The Morgan fingerprint density at radius 3 is 1.94 bits per heavy atom. The van der Waals surface area contributed by atoms with Crippen LogP contribution in [-0.4, -0.2) is 29.5 Å². The highest BCUT2D eigenvalue weighted by Gasteiger charge is 2.38. The van der Waals surface area contributed by atoms with E-state index in [4.69, 9.17) is 15.6 Å². The summed E-state index contributed by atoms with van der Waals surface area (Å²) in [6, 6.07) is 0. The van der Waals surface area contributed by atoms with E-state index in [9.17, 15) is 0 Å². The SMILES string of the molecule is CC(COC(C)(C)C(C)(C)CCO)C(C)(C)N. The van der Waals surface area contributed by atoms with Gasteiger partial charge in [0.2, 0.25) is 0 Å². The van der Waals surface area contributed by atoms with Crippen LogP contribution in [0.25, 0.3) is 0 Å². The summed E-state index contributed by atoms with van der Waals surface area (Å²) in [6.07, 6.45) is 0.737. The first kappa shape index (κ1) is 16.9. The lowest BCUT2D eigenvalue weighted by molar-refractivity contribution is -0.118. The molecule has 0 bridgehead atoms. The fraction of sp³-hybridized carbons (Fsp3) is 1.00. The molecule has 0 aliphatic rings. The lowest BCUT2D eigenvalue weighted by atomic mass is 9.74. The molecule has 104 valence electrons. The van der Waals surface area contributed by atoms with Crippen LogP contribution in [0.5, 0.6) is 0 Å². The minimum absolute atomic E-state index is 0.0553. The van der Waals surface area contributed by atoms with Crippen molar-refractivity contribution in [2.75, 3.05) is 13.2 Å². The van der Waals surface area contributed by atoms with E-state index in [-0.39, 0.29) is 23.2 Å². The van der Waals surface area contributed by atoms with Crippen molar-refractivity contribution in [1.29, 1.82) is 0 Å². The number of aliphatic hydroxyl groups excluding tert-OH is 1. The van der Waals surface area contributed by atoms with Crippen LogP contribution in [0, 0.1) is 11.3 Å². The fourth-order valence-electron chi connectivity index (χ4n) is 1.32. The van der Waals surface area contributed by atoms with E-state index in [2.05, 4.69) is 34.6 Å². The first-order valence-corrected chi connectivity index (χ1v) is 6.48. The second-order valence-electron chi connectivity index (χ2n) is 6.90. The van der Waals surface area contributed by atoms with E-state index < -0.39 is 0 Å². The Hall–Kier alpha value is -0.120. The molecule has 0 aliphatic heterocycles. The summed E-state index contributed by atoms with van der Waals surface area (Å²) >= 11 is 0. The van der Waals surface area contributed by atoms with Crippen molar-refractivity contribution >= 4 is 0 Å². The molecule has 0 aromatic carbocycles. The zero-order valence-corrected chi connectivity index (χ0v) is 12.6. The predicted octanol–water partition coefficient (Wildman–Crippen LogP) is 2.56. The van der Waals surface area contributed by atoms with Gasteiger partial charge in [0.1, 0.15) is 0 Å². The summed E-state index contributed by atoms with van der Waals surface area (Å²) in [7, 11) is 0. The van der Waals surface area contributed by atoms with Gasteiger partial charge in [0, 0.05) is 12.1 Å². The number of aliphatic hydroxyl groups is 1. The van der Waals surface area contributed by atoms with Gasteiger partial charge in [-0.3, -0.25) is 0 Å². The second-order valence-corrected chi connectivity index (χ2v) is 6.90. The van der Waals surface area contributed by atoms with Crippen molar-refractivity contribution in [1.82, 2.24) is 0 Å². The highest BCUT2D eigenvalue weighted by atomic mass is 16.5. The minimum Gasteiger partial charge on any atom is -0.396 e. The number of hydrogen-bond donors (Lipinski definition) is 2. The van der Waals surface area contributed by atoms with Gasteiger partial charge in [-0.1, -0.05) is 20.8 Å². The topological polar surface area (TPSA) is 55.5 Å². The van der Waals surface area contributed by atoms with Crippen LogP contribution in [0.4, 0.5) is 0 Å². The highest BCUT2D eigenvalue weighted by molar-refractivity contribution is 4.88. The zero-order valence-electron chi connectivity index (χ0n) is 12.6. The molecule has 0 saturated carbocycles. The largest absolute Gasteiger partial charge is 0.396 e. The van der Waals surface area contributed by atoms with Crippen LogP contribution >= 0.6 is 0 Å². The molecule has 0 saturated heterocycles. The summed E-state index contributed by atoms with van der Waals surface area (Å²) in [4.78, 5) is 0. The van der Waals surface area contributed by atoms with Crippen molar-refractivity contribution in [3.63, 3.8) is 0 Å². The lowest BCUT2D eigenvalue weighted by Gasteiger charge is -2.42. The Balaban J connectivity index is 4.46. The molecular weight excluding hydrogens is 214 g/mol. The number of ether oxygens (including phenoxy) is 1. The monoisotopic (exact) mass is 245 g/mol. The van der Waals surface area contributed by atoms with Crippen LogP contribution in [0.1, 0.15) is 54.9 Å². The van der Waals surface area contributed by atoms with Crippen molar-refractivity contribution in [3.8, 4) is 0 Å². The van der Waals surface area contributed by atoms with Crippen molar-refractivity contribution in [2.45, 2.75) is 66.0 Å². The van der Waals surface area contributed by atoms with Crippen LogP contribution in [0.3, 0.4) is 0 Å². The van der Waals surface area contributed by atoms with Crippen molar-refractivity contribution < 1.29 is 9.84 Å². The maximum absolute atomic E-state index is 9.10. The average molecular weight is 245 g/mol. The molecule has 0 radical (unpaired) electrons. The molecule has 0 fully saturated rings. The minimum atomic E-state index is -0.269. The van der Waals surface area contributed by atoms with Gasteiger partial charge in [0.05, 0.1) is 12.2 Å². The Bertz CT molecular complexity index is 229. The number of rotatable bonds is 7. The summed E-state index contributed by atoms with van der Waals surface area (Å²) in [5.41, 5.74) is 5.51. The summed E-state index contributed by atoms with van der Waals surface area (Å²) in [5.74, 6) is 0.298. The Morgan fingerprint density at radius 2 is 1.59 bits per heavy atom. The van der Waals surface area contributed by atoms with Gasteiger partial charge in [-0.15, -0.1) is 0 Å². The first-order chi connectivity index (χ1) is 7.44. The number of nitrogens with two attached hydrogens (primary N) is 1. The molecule has 1 unspecified atom stereocenters. The van der Waals surface area contributed by atoms with Gasteiger partial charge in [-0.05, 0) is 45.4 Å². The average Bonchev–Trinajstić information content (AvgIpc) is 2.12. The molecular formula is C14H31NO2. The maximum Gasteiger partial charge on any atom is 0.0678 e. The van der Waals surface area contributed by atoms with Crippen LogP contribution < -0.4 is 5.73 Å². The van der Waals surface area contributed by atoms with Gasteiger partial charge in [0.25, 0.3) is 0 Å². The molecule has 0 spiro atoms. The summed E-state index contributed by atoms with van der Waals surface area (Å²) in [5, 5.41) is 9.10. The molecule has 0 heterocycles. The Morgan fingerprint density at radius 1 is 1.12 bits per heavy atom. The van der Waals surface area contributed by atoms with Crippen LogP contribution in [-0.2, 0) is 4.74 Å². The summed E-state index contributed by atoms with van der Waals surface area (Å²) in [6.45, 7) is 15.4. The van der Waals surface area contributed by atoms with E-state index in [0.29, 0.717) is 12.5 Å². The molecule has 0 aliphatic carbocycles. The molecule has 0 aromatic heterocycles. The van der Waals surface area contributed by atoms with Gasteiger partial charge < -0.3 is 15.6 Å². The zero-order chi connectivity index (χ0) is 13.9. The maximum atomic E-state index is 9.10. The molecule has 17 heavy (non-hydrogen) atoms. The van der Waals surface area contributed by atoms with Gasteiger partial charge in [0.15, 0.2) is 0 Å². The quantitative estimate of drug-likeness (QED) is 0.725. The van der Waals surface area contributed by atoms with Gasteiger partial charge in [-0.2, -0.15) is 0 Å². The van der Waals surface area contributed by atoms with E-state index >= 15 is 0 Å². The molecule has 3 nitrogen and oxygen atoms in total. The molecule has 1 atom stereocenters. The smallest absolute Gasteiger partial charge is 0.0678 e. The third-order valence-corrected chi connectivity index (χ3v) is 4.33. The molecule has 0 amide bonds.